The number of benzene rings is 1. The van der Waals surface area contributed by atoms with Crippen LogP contribution in [-0.4, -0.2) is 24.7 Å². The molecule has 6 nitrogen and oxygen atoms in total. The van der Waals surface area contributed by atoms with Crippen LogP contribution >= 0.6 is 0 Å². The molecule has 0 saturated carbocycles. The number of carbonyl (C=O) groups excluding carboxylic acids is 1. The molecule has 0 spiro atoms. The molecule has 1 aromatic heterocycles. The number of rotatable bonds is 6. The molecule has 24 heavy (non-hydrogen) atoms. The maximum Gasteiger partial charge on any atom is 0.387 e. The Balaban J connectivity index is 1.98. The number of nitrogens with one attached hydrogen (secondary N) is 2. The van der Waals surface area contributed by atoms with Crippen molar-refractivity contribution in [2.24, 2.45) is 0 Å². The second-order valence-corrected chi connectivity index (χ2v) is 4.85. The quantitative estimate of drug-likeness (QED) is 0.845. The summed E-state index contributed by atoms with van der Waals surface area (Å²) in [6.45, 7) is -1.17. The van der Waals surface area contributed by atoms with Crippen molar-refractivity contribution in [2.75, 3.05) is 12.4 Å². The summed E-state index contributed by atoms with van der Waals surface area (Å²) < 4.78 is 33.9. The third-order valence-corrected chi connectivity index (χ3v) is 3.14. The second kappa shape index (κ2) is 8.09. The van der Waals surface area contributed by atoms with Crippen molar-refractivity contribution in [3.63, 3.8) is 0 Å². The molecular formula is C16H17F2N3O3. The number of hydrogen-bond donors (Lipinski definition) is 2. The van der Waals surface area contributed by atoms with E-state index in [2.05, 4.69) is 20.4 Å². The van der Waals surface area contributed by atoms with Gasteiger partial charge in [-0.1, -0.05) is 12.1 Å². The molecule has 1 atom stereocenters. The van der Waals surface area contributed by atoms with Crippen LogP contribution in [0.3, 0.4) is 0 Å². The van der Waals surface area contributed by atoms with Gasteiger partial charge in [0, 0.05) is 12.3 Å². The van der Waals surface area contributed by atoms with E-state index in [-0.39, 0.29) is 5.75 Å². The molecule has 0 bridgehead atoms. The van der Waals surface area contributed by atoms with Crippen LogP contribution in [0.2, 0.25) is 0 Å². The number of alkyl halides is 2. The summed E-state index contributed by atoms with van der Waals surface area (Å²) in [5.41, 5.74) is 0.627. The van der Waals surface area contributed by atoms with Gasteiger partial charge in [-0.15, -0.1) is 0 Å². The lowest BCUT2D eigenvalue weighted by molar-refractivity contribution is -0.0499. The third-order valence-electron chi connectivity index (χ3n) is 3.14. The molecule has 0 unspecified atom stereocenters. The summed E-state index contributed by atoms with van der Waals surface area (Å²) in [6.07, 6.45) is 1.50. The van der Waals surface area contributed by atoms with Gasteiger partial charge in [-0.3, -0.25) is 5.32 Å². The van der Waals surface area contributed by atoms with Crippen molar-refractivity contribution in [3.8, 4) is 11.5 Å². The lowest BCUT2D eigenvalue weighted by Crippen LogP contribution is -2.31. The highest BCUT2D eigenvalue weighted by atomic mass is 19.3. The average Bonchev–Trinajstić information content (AvgIpc) is 2.54. The SMILES string of the molecule is COc1ccnc(NC(=O)N[C@@H](C)c2cccc(OC(F)F)c2)c1. The number of anilines is 1. The zero-order valence-corrected chi connectivity index (χ0v) is 13.1. The first kappa shape index (κ1) is 17.5. The van der Waals surface area contributed by atoms with E-state index in [1.54, 1.807) is 31.2 Å². The molecule has 0 aliphatic heterocycles. The first-order valence-electron chi connectivity index (χ1n) is 7.10. The van der Waals surface area contributed by atoms with Crippen molar-refractivity contribution >= 4 is 11.8 Å². The van der Waals surface area contributed by atoms with E-state index in [9.17, 15) is 13.6 Å². The molecule has 2 rings (SSSR count). The van der Waals surface area contributed by atoms with Crippen molar-refractivity contribution < 1.29 is 23.0 Å². The first-order chi connectivity index (χ1) is 11.5. The van der Waals surface area contributed by atoms with Crippen molar-refractivity contribution in [1.29, 1.82) is 0 Å². The second-order valence-electron chi connectivity index (χ2n) is 4.85. The number of ether oxygens (including phenoxy) is 2. The van der Waals surface area contributed by atoms with Crippen LogP contribution in [0.5, 0.6) is 11.5 Å². The zero-order chi connectivity index (χ0) is 17.5. The van der Waals surface area contributed by atoms with E-state index in [0.29, 0.717) is 17.1 Å². The number of hydrogen-bond acceptors (Lipinski definition) is 4. The molecule has 2 N–H and O–H groups in total. The molecule has 1 heterocycles. The van der Waals surface area contributed by atoms with Gasteiger partial charge >= 0.3 is 12.6 Å². The van der Waals surface area contributed by atoms with Gasteiger partial charge in [0.25, 0.3) is 0 Å². The molecule has 1 aromatic carbocycles. The van der Waals surface area contributed by atoms with Gasteiger partial charge in [0.1, 0.15) is 17.3 Å². The molecule has 0 aliphatic carbocycles. The Hall–Kier alpha value is -2.90. The van der Waals surface area contributed by atoms with Gasteiger partial charge in [-0.25, -0.2) is 9.78 Å². The predicted molar refractivity (Wildman–Crippen MR) is 84.4 cm³/mol. The summed E-state index contributed by atoms with van der Waals surface area (Å²) >= 11 is 0. The van der Waals surface area contributed by atoms with Gasteiger partial charge in [0.2, 0.25) is 0 Å². The summed E-state index contributed by atoms with van der Waals surface area (Å²) in [7, 11) is 1.51. The fourth-order valence-electron chi connectivity index (χ4n) is 2.00. The Bertz CT molecular complexity index is 698. The number of methoxy groups -OCH3 is 1. The Morgan fingerprint density at radius 2 is 2.00 bits per heavy atom. The van der Waals surface area contributed by atoms with E-state index < -0.39 is 18.7 Å². The molecule has 2 aromatic rings. The Morgan fingerprint density at radius 1 is 1.21 bits per heavy atom. The van der Waals surface area contributed by atoms with Crippen LogP contribution in [0.1, 0.15) is 18.5 Å². The van der Waals surface area contributed by atoms with Crippen LogP contribution in [0.25, 0.3) is 0 Å². The van der Waals surface area contributed by atoms with Crippen molar-refractivity contribution in [2.45, 2.75) is 19.6 Å². The number of nitrogens with zero attached hydrogens (tertiary/aromatic N) is 1. The maximum atomic E-state index is 12.2. The minimum atomic E-state index is -2.90. The minimum absolute atomic E-state index is 0.0334. The topological polar surface area (TPSA) is 72.5 Å². The van der Waals surface area contributed by atoms with Crippen LogP contribution < -0.4 is 20.1 Å². The molecule has 0 saturated heterocycles. The smallest absolute Gasteiger partial charge is 0.387 e. The Morgan fingerprint density at radius 3 is 2.71 bits per heavy atom. The Labute approximate surface area is 137 Å². The summed E-state index contributed by atoms with van der Waals surface area (Å²) in [6, 6.07) is 8.46. The van der Waals surface area contributed by atoms with E-state index in [4.69, 9.17) is 4.74 Å². The Kier molecular flexibility index (Phi) is 5.89. The molecular weight excluding hydrogens is 320 g/mol. The minimum Gasteiger partial charge on any atom is -0.497 e. The molecule has 0 fully saturated rings. The summed E-state index contributed by atoms with van der Waals surface area (Å²) in [5.74, 6) is 0.921. The highest BCUT2D eigenvalue weighted by Crippen LogP contribution is 2.21. The molecule has 2 amide bonds. The molecule has 128 valence electrons. The van der Waals surface area contributed by atoms with E-state index >= 15 is 0 Å². The molecule has 8 heteroatoms. The number of carbonyl (C=O) groups is 1. The van der Waals surface area contributed by atoms with Crippen molar-refractivity contribution in [1.82, 2.24) is 10.3 Å². The number of halogens is 2. The highest BCUT2D eigenvalue weighted by Gasteiger charge is 2.12. The normalized spacial score (nSPS) is 11.7. The summed E-state index contributed by atoms with van der Waals surface area (Å²) in [5, 5.41) is 5.26. The van der Waals surface area contributed by atoms with Gasteiger partial charge in [-0.05, 0) is 30.7 Å². The molecule has 0 aliphatic rings. The highest BCUT2D eigenvalue weighted by molar-refractivity contribution is 5.88. The number of urea groups is 1. The zero-order valence-electron chi connectivity index (χ0n) is 13.1. The fraction of sp³-hybridized carbons (Fsp3) is 0.250. The van der Waals surface area contributed by atoms with Crippen LogP contribution in [0, 0.1) is 0 Å². The summed E-state index contributed by atoms with van der Waals surface area (Å²) in [4.78, 5) is 16.0. The lowest BCUT2D eigenvalue weighted by atomic mass is 10.1. The number of aromatic nitrogens is 1. The largest absolute Gasteiger partial charge is 0.497 e. The third kappa shape index (κ3) is 5.08. The van der Waals surface area contributed by atoms with Gasteiger partial charge in [0.05, 0.1) is 13.2 Å². The van der Waals surface area contributed by atoms with Crippen molar-refractivity contribution in [3.05, 3.63) is 48.2 Å². The van der Waals surface area contributed by atoms with Crippen LogP contribution in [-0.2, 0) is 0 Å². The van der Waals surface area contributed by atoms with Gasteiger partial charge < -0.3 is 14.8 Å². The van der Waals surface area contributed by atoms with Crippen LogP contribution in [0.15, 0.2) is 42.6 Å². The average molecular weight is 337 g/mol. The number of amides is 2. The number of pyridine rings is 1. The van der Waals surface area contributed by atoms with Gasteiger partial charge in [-0.2, -0.15) is 8.78 Å². The fourth-order valence-corrected chi connectivity index (χ4v) is 2.00. The maximum absolute atomic E-state index is 12.2. The predicted octanol–water partition coefficient (Wildman–Crippen LogP) is 3.57. The monoisotopic (exact) mass is 337 g/mol. The first-order valence-corrected chi connectivity index (χ1v) is 7.10. The lowest BCUT2D eigenvalue weighted by Gasteiger charge is -2.16. The van der Waals surface area contributed by atoms with E-state index in [0.717, 1.165) is 0 Å². The van der Waals surface area contributed by atoms with E-state index in [1.807, 2.05) is 0 Å². The van der Waals surface area contributed by atoms with Crippen LogP contribution in [0.4, 0.5) is 19.4 Å². The standard InChI is InChI=1S/C16H17F2N3O3/c1-10(11-4-3-5-13(8-11)24-15(17)18)20-16(22)21-14-9-12(23-2)6-7-19-14/h3-10,15H,1-2H3,(H2,19,20,21,22)/t10-/m0/s1. The van der Waals surface area contributed by atoms with Gasteiger partial charge in [0.15, 0.2) is 0 Å². The van der Waals surface area contributed by atoms with E-state index in [1.165, 1.54) is 25.4 Å². The molecule has 0 radical (unpaired) electrons.